The van der Waals surface area contributed by atoms with Gasteiger partial charge in [0.25, 0.3) is 5.56 Å². The van der Waals surface area contributed by atoms with Crippen LogP contribution in [0, 0.1) is 0 Å². The predicted molar refractivity (Wildman–Crippen MR) is 131 cm³/mol. The quantitative estimate of drug-likeness (QED) is 0.391. The summed E-state index contributed by atoms with van der Waals surface area (Å²) >= 11 is 0. The molecule has 6 rings (SSSR count). The van der Waals surface area contributed by atoms with Crippen LogP contribution in [0.4, 0.5) is 26.4 Å². The molecule has 1 unspecified atom stereocenters. The molecule has 0 spiro atoms. The van der Waals surface area contributed by atoms with Crippen LogP contribution in [-0.2, 0) is 11.3 Å². The second kappa shape index (κ2) is 8.72. The molecule has 184 valence electrons. The van der Waals surface area contributed by atoms with Crippen molar-refractivity contribution in [2.45, 2.75) is 37.8 Å². The first kappa shape index (κ1) is 22.2. The third kappa shape index (κ3) is 3.85. The van der Waals surface area contributed by atoms with Gasteiger partial charge in [0.2, 0.25) is 0 Å². The number of fused-ring (bicyclic) bond motifs is 4. The van der Waals surface area contributed by atoms with Crippen LogP contribution in [0.5, 0.6) is 0 Å². The number of carbonyl (C=O) groups is 1. The number of rotatable bonds is 2. The number of aromatic nitrogens is 5. The molecule has 12 heteroatoms. The van der Waals surface area contributed by atoms with Crippen LogP contribution >= 0.6 is 0 Å². The zero-order valence-electron chi connectivity index (χ0n) is 19.3. The molecule has 0 saturated heterocycles. The van der Waals surface area contributed by atoms with Crippen molar-refractivity contribution in [3.05, 3.63) is 65.0 Å². The summed E-state index contributed by atoms with van der Waals surface area (Å²) in [5.74, 6) is 0.782. The van der Waals surface area contributed by atoms with Gasteiger partial charge in [-0.1, -0.05) is 6.07 Å². The van der Waals surface area contributed by atoms with Gasteiger partial charge < -0.3 is 20.7 Å². The fraction of sp³-hybridized carbons (Fsp3) is 0.292. The van der Waals surface area contributed by atoms with Gasteiger partial charge in [0.15, 0.2) is 5.65 Å². The van der Waals surface area contributed by atoms with E-state index in [0.717, 1.165) is 0 Å². The van der Waals surface area contributed by atoms with Gasteiger partial charge in [0.1, 0.15) is 35.3 Å². The molecule has 1 fully saturated rings. The lowest BCUT2D eigenvalue weighted by atomic mass is 10.2. The third-order valence-corrected chi connectivity index (χ3v) is 6.45. The van der Waals surface area contributed by atoms with Crippen LogP contribution in [0.3, 0.4) is 0 Å². The molecular formula is C24H23FN8O3. The Morgan fingerprint density at radius 3 is 2.86 bits per heavy atom. The molecule has 4 bridgehead atoms. The number of pyridine rings is 3. The van der Waals surface area contributed by atoms with Gasteiger partial charge >= 0.3 is 6.03 Å². The predicted octanol–water partition coefficient (Wildman–Crippen LogP) is 2.72. The second-order valence-corrected chi connectivity index (χ2v) is 8.82. The number of carbonyl (C=O) groups excluding carboxylic acids is 1. The van der Waals surface area contributed by atoms with E-state index in [1.54, 1.807) is 49.8 Å². The van der Waals surface area contributed by atoms with E-state index in [1.165, 1.54) is 15.5 Å². The average molecular weight is 490 g/mol. The summed E-state index contributed by atoms with van der Waals surface area (Å²) in [5, 5.41) is 9.03. The minimum Gasteiger partial charge on any atom is -0.386 e. The highest BCUT2D eigenvalue weighted by molar-refractivity contribution is 5.94. The molecule has 1 aliphatic heterocycles. The fourth-order valence-corrected chi connectivity index (χ4v) is 4.71. The lowest BCUT2D eigenvalue weighted by Gasteiger charge is -2.22. The minimum atomic E-state index is -1.10. The van der Waals surface area contributed by atoms with Crippen molar-refractivity contribution in [3.63, 3.8) is 0 Å². The van der Waals surface area contributed by atoms with E-state index in [-0.39, 0.29) is 36.3 Å². The van der Waals surface area contributed by atoms with Crippen LogP contribution in [0.2, 0.25) is 0 Å². The standard InChI is InChI=1S/C24H23FN8O3/c1-26-16-9-19-29-17-6-13(10-32(23(17)34)20-4-2-3-5-27-20)11-36-18-8-14(25)7-15(18)30-24(35)33-12-28-21(16)22(33)31-19/h2-6,9-10,12,14-15,18H,7-8,11H2,1H3,(H,30,35)(H2,26,29,31)/t14-,15?,18-/m1/s1. The highest BCUT2D eigenvalue weighted by Crippen LogP contribution is 2.29. The van der Waals surface area contributed by atoms with Gasteiger partial charge in [-0.2, -0.15) is 0 Å². The van der Waals surface area contributed by atoms with Crippen molar-refractivity contribution in [3.8, 4) is 5.82 Å². The summed E-state index contributed by atoms with van der Waals surface area (Å²) in [6, 6.07) is 7.67. The minimum absolute atomic E-state index is 0.107. The smallest absolute Gasteiger partial charge is 0.328 e. The molecular weight excluding hydrogens is 467 g/mol. The van der Waals surface area contributed by atoms with Gasteiger partial charge in [-0.3, -0.25) is 9.36 Å². The molecule has 1 aliphatic carbocycles. The molecule has 4 aromatic rings. The maximum Gasteiger partial charge on any atom is 0.328 e. The third-order valence-electron chi connectivity index (χ3n) is 6.45. The summed E-state index contributed by atoms with van der Waals surface area (Å²) in [5.41, 5.74) is 1.96. The second-order valence-electron chi connectivity index (χ2n) is 8.82. The molecule has 1 amide bonds. The number of anilines is 3. The van der Waals surface area contributed by atoms with E-state index in [1.807, 2.05) is 0 Å². The summed E-state index contributed by atoms with van der Waals surface area (Å²) < 4.78 is 23.1. The van der Waals surface area contributed by atoms with E-state index in [0.29, 0.717) is 28.4 Å². The highest BCUT2D eigenvalue weighted by Gasteiger charge is 2.37. The molecule has 3 atom stereocenters. The number of ether oxygens (including phenoxy) is 1. The maximum absolute atomic E-state index is 14.4. The Morgan fingerprint density at radius 1 is 1.17 bits per heavy atom. The number of amides is 1. The molecule has 11 nitrogen and oxygen atoms in total. The Kier molecular flexibility index (Phi) is 5.37. The van der Waals surface area contributed by atoms with Crippen molar-refractivity contribution >= 4 is 34.4 Å². The Labute approximate surface area is 204 Å². The Morgan fingerprint density at radius 2 is 2.06 bits per heavy atom. The first-order valence-electron chi connectivity index (χ1n) is 11.6. The van der Waals surface area contributed by atoms with E-state index < -0.39 is 24.3 Å². The molecule has 36 heavy (non-hydrogen) atoms. The van der Waals surface area contributed by atoms with Gasteiger partial charge in [-0.15, -0.1) is 0 Å². The zero-order chi connectivity index (χ0) is 24.8. The van der Waals surface area contributed by atoms with Crippen molar-refractivity contribution < 1.29 is 13.9 Å². The van der Waals surface area contributed by atoms with Gasteiger partial charge in [0, 0.05) is 38.3 Å². The van der Waals surface area contributed by atoms with E-state index in [2.05, 4.69) is 30.9 Å². The number of nitrogens with zero attached hydrogens (tertiary/aromatic N) is 5. The van der Waals surface area contributed by atoms with Crippen LogP contribution in [-0.4, -0.2) is 55.5 Å². The lowest BCUT2D eigenvalue weighted by molar-refractivity contribution is 0.0271. The number of alkyl halides is 1. The summed E-state index contributed by atoms with van der Waals surface area (Å²) in [6.45, 7) is 0.107. The summed E-state index contributed by atoms with van der Waals surface area (Å²) in [7, 11) is 1.73. The highest BCUT2D eigenvalue weighted by atomic mass is 19.1. The Hall–Kier alpha value is -4.32. The largest absolute Gasteiger partial charge is 0.386 e. The maximum atomic E-state index is 14.4. The van der Waals surface area contributed by atoms with E-state index >= 15 is 0 Å². The SMILES string of the molecule is CNc1cc2nc3c1ncn3C(=O)NC1C[C@@H](F)C[C@H]1OCc1cc(c(=O)n(-c3ccccn3)c1)N2. The lowest BCUT2D eigenvalue weighted by Crippen LogP contribution is -2.43. The first-order valence-corrected chi connectivity index (χ1v) is 11.6. The first-order chi connectivity index (χ1) is 17.5. The summed E-state index contributed by atoms with van der Waals surface area (Å²) in [6.07, 6.45) is 3.29. The van der Waals surface area contributed by atoms with Crippen LogP contribution in [0.25, 0.3) is 17.0 Å². The van der Waals surface area contributed by atoms with Crippen LogP contribution in [0.15, 0.2) is 53.8 Å². The molecule has 5 heterocycles. The van der Waals surface area contributed by atoms with E-state index in [4.69, 9.17) is 4.74 Å². The molecule has 0 radical (unpaired) electrons. The van der Waals surface area contributed by atoms with Crippen LogP contribution in [0.1, 0.15) is 18.4 Å². The van der Waals surface area contributed by atoms with Crippen molar-refractivity contribution in [2.75, 3.05) is 17.7 Å². The average Bonchev–Trinajstić information content (AvgIpc) is 3.46. The fourth-order valence-electron chi connectivity index (χ4n) is 4.71. The number of imidazole rings is 1. The molecule has 0 aromatic carbocycles. The van der Waals surface area contributed by atoms with Gasteiger partial charge in [-0.25, -0.2) is 28.7 Å². The number of hydrogen-bond acceptors (Lipinski definition) is 8. The molecule has 1 saturated carbocycles. The molecule has 4 aromatic heterocycles. The number of nitrogens with one attached hydrogen (secondary N) is 3. The number of hydrogen-bond donors (Lipinski definition) is 3. The normalized spacial score (nSPS) is 21.5. The summed E-state index contributed by atoms with van der Waals surface area (Å²) in [4.78, 5) is 39.8. The van der Waals surface area contributed by atoms with Gasteiger partial charge in [-0.05, 0) is 23.8 Å². The van der Waals surface area contributed by atoms with Crippen molar-refractivity contribution in [2.24, 2.45) is 0 Å². The van der Waals surface area contributed by atoms with Crippen LogP contribution < -0.4 is 21.5 Å². The van der Waals surface area contributed by atoms with Crippen molar-refractivity contribution in [1.29, 1.82) is 0 Å². The molecule has 2 aliphatic rings. The zero-order valence-corrected chi connectivity index (χ0v) is 19.3. The Bertz CT molecular complexity index is 1520. The van der Waals surface area contributed by atoms with Crippen molar-refractivity contribution in [1.82, 2.24) is 29.4 Å². The monoisotopic (exact) mass is 490 g/mol. The topological polar surface area (TPSA) is 128 Å². The van der Waals surface area contributed by atoms with Gasteiger partial charge in [0.05, 0.1) is 24.4 Å². The van der Waals surface area contributed by atoms with E-state index in [9.17, 15) is 14.0 Å². The number of halogens is 1. The molecule has 3 N–H and O–H groups in total. The Balaban J connectivity index is 1.54.